The Morgan fingerprint density at radius 3 is 2.28 bits per heavy atom. The highest BCUT2D eigenvalue weighted by atomic mass is 16.5. The molecular formula is C20H25NO4. The predicted octanol–water partition coefficient (Wildman–Crippen LogP) is 3.57. The zero-order valence-corrected chi connectivity index (χ0v) is 15.1. The summed E-state index contributed by atoms with van der Waals surface area (Å²) in [6.45, 7) is 6.12. The molecule has 1 N–H and O–H groups in total. The molecule has 0 radical (unpaired) electrons. The fourth-order valence-corrected chi connectivity index (χ4v) is 2.22. The van der Waals surface area contributed by atoms with Crippen molar-refractivity contribution in [3.8, 4) is 17.2 Å². The van der Waals surface area contributed by atoms with E-state index in [1.54, 1.807) is 26.2 Å². The molecule has 2 aromatic carbocycles. The molecule has 2 rings (SSSR count). The molecule has 5 nitrogen and oxygen atoms in total. The van der Waals surface area contributed by atoms with Crippen molar-refractivity contribution in [1.82, 2.24) is 5.32 Å². The number of nitrogens with one attached hydrogen (secondary N) is 1. The van der Waals surface area contributed by atoms with Crippen LogP contribution in [0.3, 0.4) is 0 Å². The van der Waals surface area contributed by atoms with Crippen LogP contribution in [0.1, 0.15) is 26.3 Å². The number of rotatable bonds is 8. The van der Waals surface area contributed by atoms with Crippen molar-refractivity contribution in [2.24, 2.45) is 0 Å². The quantitative estimate of drug-likeness (QED) is 0.796. The Labute approximate surface area is 148 Å². The third-order valence-corrected chi connectivity index (χ3v) is 3.49. The van der Waals surface area contributed by atoms with Crippen LogP contribution in [-0.2, 0) is 11.3 Å². The number of hydrogen-bond donors (Lipinski definition) is 1. The summed E-state index contributed by atoms with van der Waals surface area (Å²) in [5.74, 6) is 1.93. The minimum absolute atomic E-state index is 0.139. The zero-order valence-electron chi connectivity index (χ0n) is 15.1. The van der Waals surface area contributed by atoms with Crippen molar-refractivity contribution in [2.75, 3.05) is 7.11 Å². The van der Waals surface area contributed by atoms with Gasteiger partial charge in [-0.05, 0) is 50.6 Å². The molecule has 1 atom stereocenters. The molecular weight excluding hydrogens is 318 g/mol. The zero-order chi connectivity index (χ0) is 18.2. The van der Waals surface area contributed by atoms with E-state index in [0.29, 0.717) is 18.0 Å². The molecule has 0 saturated heterocycles. The van der Waals surface area contributed by atoms with Crippen LogP contribution in [0.2, 0.25) is 0 Å². The lowest BCUT2D eigenvalue weighted by Gasteiger charge is -2.15. The van der Waals surface area contributed by atoms with Gasteiger partial charge in [0, 0.05) is 12.6 Å². The number of methoxy groups -OCH3 is 1. The van der Waals surface area contributed by atoms with Crippen molar-refractivity contribution in [3.05, 3.63) is 54.1 Å². The second kappa shape index (κ2) is 8.97. The summed E-state index contributed by atoms with van der Waals surface area (Å²) in [7, 11) is 1.59. The number of carbonyl (C=O) groups is 1. The van der Waals surface area contributed by atoms with Crippen LogP contribution < -0.4 is 19.5 Å². The van der Waals surface area contributed by atoms with E-state index in [-0.39, 0.29) is 12.0 Å². The molecule has 0 aliphatic carbocycles. The predicted molar refractivity (Wildman–Crippen MR) is 97.1 cm³/mol. The lowest BCUT2D eigenvalue weighted by Crippen LogP contribution is -2.35. The maximum Gasteiger partial charge on any atom is 0.261 e. The molecule has 0 aliphatic heterocycles. The minimum Gasteiger partial charge on any atom is -0.497 e. The summed E-state index contributed by atoms with van der Waals surface area (Å²) >= 11 is 0. The van der Waals surface area contributed by atoms with E-state index in [1.165, 1.54) is 0 Å². The number of benzene rings is 2. The third kappa shape index (κ3) is 6.03. The van der Waals surface area contributed by atoms with Gasteiger partial charge in [-0.3, -0.25) is 4.79 Å². The number of amides is 1. The highest BCUT2D eigenvalue weighted by Gasteiger charge is 2.14. The van der Waals surface area contributed by atoms with Crippen LogP contribution in [0.25, 0.3) is 0 Å². The lowest BCUT2D eigenvalue weighted by molar-refractivity contribution is -0.127. The van der Waals surface area contributed by atoms with Crippen LogP contribution in [0.5, 0.6) is 17.2 Å². The van der Waals surface area contributed by atoms with E-state index in [0.717, 1.165) is 11.3 Å². The summed E-state index contributed by atoms with van der Waals surface area (Å²) in [4.78, 5) is 12.2. The van der Waals surface area contributed by atoms with Gasteiger partial charge in [0.15, 0.2) is 6.10 Å². The van der Waals surface area contributed by atoms with E-state index in [4.69, 9.17) is 14.2 Å². The minimum atomic E-state index is -0.601. The number of carbonyl (C=O) groups excluding carboxylic acids is 1. The Bertz CT molecular complexity index is 682. The van der Waals surface area contributed by atoms with Gasteiger partial charge >= 0.3 is 0 Å². The Kier molecular flexibility index (Phi) is 6.69. The van der Waals surface area contributed by atoms with Crippen molar-refractivity contribution in [3.63, 3.8) is 0 Å². The van der Waals surface area contributed by atoms with Gasteiger partial charge in [0.2, 0.25) is 0 Å². The fraction of sp³-hybridized carbons (Fsp3) is 0.350. The van der Waals surface area contributed by atoms with Crippen LogP contribution in [0, 0.1) is 0 Å². The molecule has 0 fully saturated rings. The maximum atomic E-state index is 12.2. The summed E-state index contributed by atoms with van der Waals surface area (Å²) in [6.07, 6.45) is -0.462. The highest BCUT2D eigenvalue weighted by Crippen LogP contribution is 2.20. The van der Waals surface area contributed by atoms with Gasteiger partial charge in [-0.15, -0.1) is 0 Å². The first-order valence-electron chi connectivity index (χ1n) is 8.32. The van der Waals surface area contributed by atoms with E-state index in [1.807, 2.05) is 50.2 Å². The largest absolute Gasteiger partial charge is 0.497 e. The van der Waals surface area contributed by atoms with E-state index >= 15 is 0 Å². The summed E-state index contributed by atoms with van der Waals surface area (Å²) in [6, 6.07) is 14.9. The monoisotopic (exact) mass is 343 g/mol. The molecule has 0 aliphatic rings. The summed E-state index contributed by atoms with van der Waals surface area (Å²) in [5, 5.41) is 2.87. The van der Waals surface area contributed by atoms with Crippen molar-refractivity contribution < 1.29 is 19.0 Å². The van der Waals surface area contributed by atoms with Gasteiger partial charge in [-0.2, -0.15) is 0 Å². The molecule has 1 unspecified atom stereocenters. The first-order chi connectivity index (χ1) is 12.0. The van der Waals surface area contributed by atoms with Gasteiger partial charge in [-0.1, -0.05) is 18.2 Å². The molecule has 134 valence electrons. The topological polar surface area (TPSA) is 56.8 Å². The molecule has 0 heterocycles. The first-order valence-corrected chi connectivity index (χ1v) is 8.32. The first kappa shape index (κ1) is 18.6. The van der Waals surface area contributed by atoms with Crippen molar-refractivity contribution in [2.45, 2.75) is 39.5 Å². The van der Waals surface area contributed by atoms with Gasteiger partial charge in [0.1, 0.15) is 17.2 Å². The Hall–Kier alpha value is -2.69. The van der Waals surface area contributed by atoms with E-state index in [9.17, 15) is 4.79 Å². The lowest BCUT2D eigenvalue weighted by atomic mass is 10.2. The summed E-state index contributed by atoms with van der Waals surface area (Å²) in [5.41, 5.74) is 0.998. The molecule has 0 spiro atoms. The second-order valence-electron chi connectivity index (χ2n) is 5.97. The molecule has 0 bridgehead atoms. The molecule has 5 heteroatoms. The van der Waals surface area contributed by atoms with Gasteiger partial charge in [0.25, 0.3) is 5.91 Å². The van der Waals surface area contributed by atoms with Gasteiger partial charge in [0.05, 0.1) is 13.2 Å². The normalized spacial score (nSPS) is 11.7. The fourth-order valence-electron chi connectivity index (χ4n) is 2.22. The van der Waals surface area contributed by atoms with E-state index in [2.05, 4.69) is 5.32 Å². The Morgan fingerprint density at radius 1 is 0.960 bits per heavy atom. The van der Waals surface area contributed by atoms with Crippen LogP contribution in [0.4, 0.5) is 0 Å². The molecule has 0 aromatic heterocycles. The Morgan fingerprint density at radius 2 is 1.64 bits per heavy atom. The Balaban J connectivity index is 1.84. The number of ether oxygens (including phenoxy) is 3. The average molecular weight is 343 g/mol. The molecule has 1 amide bonds. The van der Waals surface area contributed by atoms with Crippen molar-refractivity contribution >= 4 is 5.91 Å². The van der Waals surface area contributed by atoms with E-state index < -0.39 is 6.10 Å². The van der Waals surface area contributed by atoms with Gasteiger partial charge < -0.3 is 19.5 Å². The third-order valence-electron chi connectivity index (χ3n) is 3.49. The standard InChI is InChI=1S/C20H25NO4/c1-14(2)24-17-10-8-16(9-11-17)13-21-20(22)15(3)25-19-7-5-6-18(12-19)23-4/h5-12,14-15H,13H2,1-4H3,(H,21,22). The smallest absolute Gasteiger partial charge is 0.261 e. The molecule has 0 saturated carbocycles. The van der Waals surface area contributed by atoms with Crippen LogP contribution >= 0.6 is 0 Å². The van der Waals surface area contributed by atoms with Crippen LogP contribution in [0.15, 0.2) is 48.5 Å². The average Bonchev–Trinajstić information content (AvgIpc) is 2.60. The van der Waals surface area contributed by atoms with Crippen molar-refractivity contribution in [1.29, 1.82) is 0 Å². The van der Waals surface area contributed by atoms with Gasteiger partial charge in [-0.25, -0.2) is 0 Å². The van der Waals surface area contributed by atoms with Crippen LogP contribution in [-0.4, -0.2) is 25.2 Å². The summed E-state index contributed by atoms with van der Waals surface area (Å²) < 4.78 is 16.4. The SMILES string of the molecule is COc1cccc(OC(C)C(=O)NCc2ccc(OC(C)C)cc2)c1. The molecule has 25 heavy (non-hydrogen) atoms. The number of hydrogen-bond acceptors (Lipinski definition) is 4. The second-order valence-corrected chi connectivity index (χ2v) is 5.97. The molecule has 2 aromatic rings. The maximum absolute atomic E-state index is 12.2. The highest BCUT2D eigenvalue weighted by molar-refractivity contribution is 5.80.